The molecule has 0 aliphatic rings. The molecular weight excluding hydrogens is 331 g/mol. The Balaban J connectivity index is 1.92. The van der Waals surface area contributed by atoms with Crippen LogP contribution in [0.15, 0.2) is 46.0 Å². The number of alkyl halides is 3. The molecule has 0 aliphatic carbocycles. The van der Waals surface area contributed by atoms with Crippen LogP contribution in [0.1, 0.15) is 12.0 Å². The molecule has 2 nitrogen and oxygen atoms in total. The molecule has 0 saturated carbocycles. The molecule has 0 unspecified atom stereocenters. The highest BCUT2D eigenvalue weighted by molar-refractivity contribution is 7.99. The van der Waals surface area contributed by atoms with Gasteiger partial charge >= 0.3 is 6.18 Å². The molecule has 0 fully saturated rings. The number of thiophene rings is 1. The number of amides is 1. The predicted molar refractivity (Wildman–Crippen MR) is 84.5 cm³/mol. The van der Waals surface area contributed by atoms with E-state index >= 15 is 0 Å². The lowest BCUT2D eigenvalue weighted by Gasteiger charge is -2.11. The average Bonchev–Trinajstić information content (AvgIpc) is 2.97. The third-order valence-corrected chi connectivity index (χ3v) is 4.64. The van der Waals surface area contributed by atoms with E-state index in [-0.39, 0.29) is 5.91 Å². The van der Waals surface area contributed by atoms with Crippen molar-refractivity contribution in [3.8, 4) is 0 Å². The number of rotatable bonds is 6. The number of anilines is 1. The quantitative estimate of drug-likeness (QED) is 0.749. The van der Waals surface area contributed by atoms with Crippen LogP contribution in [-0.4, -0.2) is 17.8 Å². The van der Waals surface area contributed by atoms with Crippen molar-refractivity contribution in [3.05, 3.63) is 46.7 Å². The van der Waals surface area contributed by atoms with E-state index in [0.717, 1.165) is 5.56 Å². The third-order valence-electron chi connectivity index (χ3n) is 2.77. The molecule has 1 aromatic heterocycles. The van der Waals surface area contributed by atoms with Gasteiger partial charge in [-0.05, 0) is 40.9 Å². The van der Waals surface area contributed by atoms with Crippen LogP contribution in [0.4, 0.5) is 18.9 Å². The van der Waals surface area contributed by atoms with Crippen molar-refractivity contribution in [1.82, 2.24) is 0 Å². The monoisotopic (exact) mass is 345 g/mol. The second-order valence-corrected chi connectivity index (χ2v) is 6.38. The number of halogens is 3. The van der Waals surface area contributed by atoms with E-state index in [1.807, 2.05) is 16.8 Å². The number of benzene rings is 1. The second kappa shape index (κ2) is 7.69. The molecule has 2 rings (SSSR count). The molecule has 0 saturated heterocycles. The van der Waals surface area contributed by atoms with Gasteiger partial charge in [0.25, 0.3) is 0 Å². The van der Waals surface area contributed by atoms with Crippen molar-refractivity contribution in [2.75, 3.05) is 11.1 Å². The maximum absolute atomic E-state index is 12.3. The smallest absolute Gasteiger partial charge is 0.325 e. The van der Waals surface area contributed by atoms with Gasteiger partial charge in [0.15, 0.2) is 0 Å². The summed E-state index contributed by atoms with van der Waals surface area (Å²) in [6.07, 6.45) is -3.32. The molecule has 0 spiro atoms. The van der Waals surface area contributed by atoms with Gasteiger partial charge in [-0.1, -0.05) is 12.1 Å². The van der Waals surface area contributed by atoms with Crippen molar-refractivity contribution < 1.29 is 18.0 Å². The highest BCUT2D eigenvalue weighted by Gasteiger charge is 2.27. The van der Waals surface area contributed by atoms with Gasteiger partial charge in [0.2, 0.25) is 5.91 Å². The lowest BCUT2D eigenvalue weighted by molar-refractivity contribution is -0.116. The number of carbonyl (C=O) groups excluding carboxylic acids is 1. The Hall–Kier alpha value is -1.47. The van der Waals surface area contributed by atoms with Crippen molar-refractivity contribution in [2.45, 2.75) is 23.9 Å². The highest BCUT2D eigenvalue weighted by atomic mass is 32.2. The summed E-state index contributed by atoms with van der Waals surface area (Å²) < 4.78 is 36.9. The third kappa shape index (κ3) is 5.73. The molecule has 22 heavy (non-hydrogen) atoms. The van der Waals surface area contributed by atoms with E-state index in [0.29, 0.717) is 35.2 Å². The summed E-state index contributed by atoms with van der Waals surface area (Å²) in [7, 11) is 0. The normalized spacial score (nSPS) is 11.4. The molecule has 1 amide bonds. The summed E-state index contributed by atoms with van der Waals surface area (Å²) in [4.78, 5) is 12.3. The SMILES string of the molecule is O=C(CCc1ccsc1)Nc1ccccc1SCC(F)(F)F. The molecule has 0 radical (unpaired) electrons. The number of para-hydroxylation sites is 1. The number of aryl methyl sites for hydroxylation is 1. The van der Waals surface area contributed by atoms with Gasteiger partial charge in [-0.2, -0.15) is 24.5 Å². The maximum Gasteiger partial charge on any atom is 0.398 e. The van der Waals surface area contributed by atoms with E-state index in [1.54, 1.807) is 35.6 Å². The van der Waals surface area contributed by atoms with Crippen LogP contribution in [0.2, 0.25) is 0 Å². The first-order valence-corrected chi connectivity index (χ1v) is 8.46. The standard InChI is InChI=1S/C15H14F3NOS2/c16-15(17,18)10-22-13-4-2-1-3-12(13)19-14(20)6-5-11-7-8-21-9-11/h1-4,7-9H,5-6,10H2,(H,19,20). The zero-order valence-electron chi connectivity index (χ0n) is 11.5. The molecule has 0 atom stereocenters. The Morgan fingerprint density at radius 2 is 2.00 bits per heavy atom. The number of thioether (sulfide) groups is 1. The average molecular weight is 345 g/mol. The highest BCUT2D eigenvalue weighted by Crippen LogP contribution is 2.32. The Bertz CT molecular complexity index is 612. The fraction of sp³-hybridized carbons (Fsp3) is 0.267. The molecular formula is C15H14F3NOS2. The van der Waals surface area contributed by atoms with Gasteiger partial charge in [0.1, 0.15) is 0 Å². The molecule has 118 valence electrons. The Morgan fingerprint density at radius 3 is 2.68 bits per heavy atom. The van der Waals surface area contributed by atoms with E-state index < -0.39 is 11.9 Å². The molecule has 0 bridgehead atoms. The van der Waals surface area contributed by atoms with Crippen LogP contribution >= 0.6 is 23.1 Å². The first-order valence-electron chi connectivity index (χ1n) is 6.53. The zero-order valence-corrected chi connectivity index (χ0v) is 13.2. The largest absolute Gasteiger partial charge is 0.398 e. The van der Waals surface area contributed by atoms with Gasteiger partial charge in [-0.3, -0.25) is 4.79 Å². The van der Waals surface area contributed by atoms with Crippen LogP contribution < -0.4 is 5.32 Å². The maximum atomic E-state index is 12.3. The van der Waals surface area contributed by atoms with Crippen LogP contribution in [0.5, 0.6) is 0 Å². The molecule has 1 N–H and O–H groups in total. The molecule has 0 aliphatic heterocycles. The van der Waals surface area contributed by atoms with E-state index in [2.05, 4.69) is 5.32 Å². The Labute approximate surface area is 134 Å². The van der Waals surface area contributed by atoms with Gasteiger partial charge in [0.05, 0.1) is 11.4 Å². The van der Waals surface area contributed by atoms with Gasteiger partial charge in [-0.15, -0.1) is 11.8 Å². The van der Waals surface area contributed by atoms with Crippen molar-refractivity contribution in [1.29, 1.82) is 0 Å². The minimum atomic E-state index is -4.24. The molecule has 1 heterocycles. The first-order chi connectivity index (χ1) is 10.4. The minimum Gasteiger partial charge on any atom is -0.325 e. The summed E-state index contributed by atoms with van der Waals surface area (Å²) in [5, 5.41) is 6.60. The fourth-order valence-corrected chi connectivity index (χ4v) is 3.23. The number of carbonyl (C=O) groups is 1. The second-order valence-electron chi connectivity index (χ2n) is 4.58. The number of hydrogen-bond acceptors (Lipinski definition) is 3. The summed E-state index contributed by atoms with van der Waals surface area (Å²) in [6, 6.07) is 8.48. The Morgan fingerprint density at radius 1 is 1.23 bits per heavy atom. The summed E-state index contributed by atoms with van der Waals surface area (Å²) in [5.74, 6) is -1.18. The van der Waals surface area contributed by atoms with E-state index in [4.69, 9.17) is 0 Å². The molecule has 1 aromatic carbocycles. The summed E-state index contributed by atoms with van der Waals surface area (Å²) >= 11 is 2.24. The summed E-state index contributed by atoms with van der Waals surface area (Å²) in [5.41, 5.74) is 1.51. The fourth-order valence-electron chi connectivity index (χ4n) is 1.76. The lowest BCUT2D eigenvalue weighted by Crippen LogP contribution is -2.14. The van der Waals surface area contributed by atoms with Crippen molar-refractivity contribution in [2.24, 2.45) is 0 Å². The van der Waals surface area contributed by atoms with Gasteiger partial charge < -0.3 is 5.32 Å². The first kappa shape index (κ1) is 16.9. The van der Waals surface area contributed by atoms with Crippen LogP contribution in [0.25, 0.3) is 0 Å². The minimum absolute atomic E-state index is 0.203. The van der Waals surface area contributed by atoms with E-state index in [1.165, 1.54) is 0 Å². The molecule has 2 aromatic rings. The van der Waals surface area contributed by atoms with Crippen LogP contribution in [0.3, 0.4) is 0 Å². The zero-order chi connectivity index (χ0) is 16.0. The number of hydrogen-bond donors (Lipinski definition) is 1. The van der Waals surface area contributed by atoms with Gasteiger partial charge in [-0.25, -0.2) is 0 Å². The Kier molecular flexibility index (Phi) is 5.90. The van der Waals surface area contributed by atoms with Gasteiger partial charge in [0, 0.05) is 11.3 Å². The molecule has 7 heteroatoms. The van der Waals surface area contributed by atoms with Crippen molar-refractivity contribution in [3.63, 3.8) is 0 Å². The summed E-state index contributed by atoms with van der Waals surface area (Å²) in [6.45, 7) is 0. The van der Waals surface area contributed by atoms with E-state index in [9.17, 15) is 18.0 Å². The predicted octanol–water partition coefficient (Wildman–Crippen LogP) is 4.97. The van der Waals surface area contributed by atoms with Crippen LogP contribution in [-0.2, 0) is 11.2 Å². The van der Waals surface area contributed by atoms with Crippen molar-refractivity contribution >= 4 is 34.7 Å². The van der Waals surface area contributed by atoms with Crippen LogP contribution in [0, 0.1) is 0 Å². The lowest BCUT2D eigenvalue weighted by atomic mass is 10.2. The topological polar surface area (TPSA) is 29.1 Å². The number of nitrogens with one attached hydrogen (secondary N) is 1.